The maximum Gasteiger partial charge on any atom is 0.0488 e. The highest BCUT2D eigenvalue weighted by Gasteiger charge is 2.33. The molecule has 0 amide bonds. The number of rotatable bonds is 5. The summed E-state index contributed by atoms with van der Waals surface area (Å²) < 4.78 is 0. The van der Waals surface area contributed by atoms with Gasteiger partial charge in [0.25, 0.3) is 0 Å². The number of hydrogen-bond acceptors (Lipinski definition) is 2. The maximum absolute atomic E-state index is 5.79. The average molecular weight is 244 g/mol. The second-order valence-electron chi connectivity index (χ2n) is 6.14. The Morgan fingerprint density at radius 1 is 1.22 bits per heavy atom. The van der Waals surface area contributed by atoms with E-state index in [-0.39, 0.29) is 0 Å². The van der Waals surface area contributed by atoms with Gasteiger partial charge in [0.1, 0.15) is 0 Å². The van der Waals surface area contributed by atoms with Crippen LogP contribution >= 0.6 is 0 Å². The molecule has 98 valence electrons. The molecule has 2 nitrogen and oxygen atoms in total. The third kappa shape index (κ3) is 2.32. The molecule has 1 aromatic carbocycles. The number of nitrogens with two attached hydrogens (primary N) is 1. The molecule has 2 unspecified atom stereocenters. The first-order valence-electron chi connectivity index (χ1n) is 7.35. The van der Waals surface area contributed by atoms with Crippen LogP contribution in [0.4, 0.5) is 0 Å². The fourth-order valence-corrected chi connectivity index (χ4v) is 3.19. The first-order valence-corrected chi connectivity index (χ1v) is 7.35. The summed E-state index contributed by atoms with van der Waals surface area (Å²) in [4.78, 5) is 0. The molecule has 0 heterocycles. The number of hydrogen-bond donors (Lipinski definition) is 2. The molecule has 1 aromatic rings. The van der Waals surface area contributed by atoms with Gasteiger partial charge < -0.3 is 0 Å². The molecule has 2 fully saturated rings. The van der Waals surface area contributed by atoms with Gasteiger partial charge in [-0.3, -0.25) is 11.3 Å². The van der Waals surface area contributed by atoms with Crippen LogP contribution < -0.4 is 11.3 Å². The van der Waals surface area contributed by atoms with Gasteiger partial charge in [0.05, 0.1) is 0 Å². The zero-order valence-electron chi connectivity index (χ0n) is 11.2. The Hall–Kier alpha value is -0.860. The lowest BCUT2D eigenvalue weighted by atomic mass is 9.79. The average Bonchev–Trinajstić information content (AvgIpc) is 3.12. The highest BCUT2D eigenvalue weighted by atomic mass is 15.2. The van der Waals surface area contributed by atoms with Gasteiger partial charge in [-0.05, 0) is 54.6 Å². The fourth-order valence-electron chi connectivity index (χ4n) is 3.19. The molecule has 2 atom stereocenters. The summed E-state index contributed by atoms with van der Waals surface area (Å²) in [6.45, 7) is 2.33. The fraction of sp³-hybridized carbons (Fsp3) is 0.625. The summed E-state index contributed by atoms with van der Waals surface area (Å²) in [5, 5.41) is 0. The molecule has 0 bridgehead atoms. The number of nitrogens with one attached hydrogen (secondary N) is 1. The molecular weight excluding hydrogens is 220 g/mol. The van der Waals surface area contributed by atoms with Crippen molar-refractivity contribution < 1.29 is 0 Å². The zero-order chi connectivity index (χ0) is 12.5. The Balaban J connectivity index is 1.79. The molecule has 3 N–H and O–H groups in total. The quantitative estimate of drug-likeness (QED) is 0.614. The second-order valence-corrected chi connectivity index (χ2v) is 6.14. The Labute approximate surface area is 110 Å². The van der Waals surface area contributed by atoms with E-state index in [4.69, 9.17) is 5.84 Å². The predicted molar refractivity (Wildman–Crippen MR) is 75.0 cm³/mol. The Morgan fingerprint density at radius 2 is 2.00 bits per heavy atom. The monoisotopic (exact) mass is 244 g/mol. The summed E-state index contributed by atoms with van der Waals surface area (Å²) in [5.74, 6) is 8.12. The standard InChI is InChI=1S/C16H24N2/c1-11(12-8-9-12)16(18-17)15-7-3-6-14(10-15)13-4-2-5-13/h3,6-7,10-13,16,18H,2,4-5,8-9,17H2,1H3. The van der Waals surface area contributed by atoms with Crippen LogP contribution in [0, 0.1) is 11.8 Å². The van der Waals surface area contributed by atoms with Gasteiger partial charge in [-0.2, -0.15) is 0 Å². The molecular formula is C16H24N2. The smallest absolute Gasteiger partial charge is 0.0488 e. The van der Waals surface area contributed by atoms with E-state index in [1.54, 1.807) is 0 Å². The summed E-state index contributed by atoms with van der Waals surface area (Å²) in [6, 6.07) is 9.41. The van der Waals surface area contributed by atoms with Crippen molar-refractivity contribution in [2.75, 3.05) is 0 Å². The minimum Gasteiger partial charge on any atom is -0.271 e. The van der Waals surface area contributed by atoms with Crippen LogP contribution in [0.1, 0.15) is 62.1 Å². The van der Waals surface area contributed by atoms with Crippen molar-refractivity contribution in [2.24, 2.45) is 17.7 Å². The molecule has 0 spiro atoms. The molecule has 0 saturated heterocycles. The van der Waals surface area contributed by atoms with Gasteiger partial charge in [0.2, 0.25) is 0 Å². The molecule has 0 aliphatic heterocycles. The van der Waals surface area contributed by atoms with Crippen molar-refractivity contribution in [1.82, 2.24) is 5.43 Å². The molecule has 2 aliphatic carbocycles. The van der Waals surface area contributed by atoms with Gasteiger partial charge in [0.15, 0.2) is 0 Å². The molecule has 0 radical (unpaired) electrons. The highest BCUT2D eigenvalue weighted by molar-refractivity contribution is 5.30. The maximum atomic E-state index is 5.79. The third-order valence-electron chi connectivity index (χ3n) is 4.92. The highest BCUT2D eigenvalue weighted by Crippen LogP contribution is 2.43. The molecule has 0 aromatic heterocycles. The van der Waals surface area contributed by atoms with Crippen molar-refractivity contribution in [1.29, 1.82) is 0 Å². The number of hydrazine groups is 1. The second kappa shape index (κ2) is 5.02. The summed E-state index contributed by atoms with van der Waals surface area (Å²) in [5.41, 5.74) is 5.93. The lowest BCUT2D eigenvalue weighted by molar-refractivity contribution is 0.353. The normalized spacial score (nSPS) is 23.4. The van der Waals surface area contributed by atoms with Gasteiger partial charge in [-0.1, -0.05) is 37.6 Å². The summed E-state index contributed by atoms with van der Waals surface area (Å²) in [7, 11) is 0. The van der Waals surface area contributed by atoms with Crippen LogP contribution in [0.25, 0.3) is 0 Å². The van der Waals surface area contributed by atoms with E-state index in [2.05, 4.69) is 36.6 Å². The number of benzene rings is 1. The van der Waals surface area contributed by atoms with E-state index in [0.29, 0.717) is 12.0 Å². The molecule has 2 heteroatoms. The molecule has 18 heavy (non-hydrogen) atoms. The Kier molecular flexibility index (Phi) is 3.40. The van der Waals surface area contributed by atoms with Gasteiger partial charge in [-0.15, -0.1) is 0 Å². The lowest BCUT2D eigenvalue weighted by Crippen LogP contribution is -2.33. The van der Waals surface area contributed by atoms with Crippen LogP contribution in [-0.2, 0) is 0 Å². The summed E-state index contributed by atoms with van der Waals surface area (Å²) >= 11 is 0. The Morgan fingerprint density at radius 3 is 2.56 bits per heavy atom. The largest absolute Gasteiger partial charge is 0.271 e. The van der Waals surface area contributed by atoms with E-state index in [0.717, 1.165) is 11.8 Å². The van der Waals surface area contributed by atoms with Crippen LogP contribution in [-0.4, -0.2) is 0 Å². The third-order valence-corrected chi connectivity index (χ3v) is 4.92. The SMILES string of the molecule is CC(C1CC1)C(NN)c1cccc(C2CCC2)c1. The van der Waals surface area contributed by atoms with E-state index < -0.39 is 0 Å². The zero-order valence-corrected chi connectivity index (χ0v) is 11.2. The van der Waals surface area contributed by atoms with Crippen molar-refractivity contribution in [3.63, 3.8) is 0 Å². The molecule has 2 aliphatic rings. The minimum atomic E-state index is 0.317. The van der Waals surface area contributed by atoms with Crippen LogP contribution in [0.15, 0.2) is 24.3 Å². The van der Waals surface area contributed by atoms with E-state index in [9.17, 15) is 0 Å². The van der Waals surface area contributed by atoms with Crippen LogP contribution in [0.5, 0.6) is 0 Å². The Bertz CT molecular complexity index is 407. The first-order chi connectivity index (χ1) is 8.79. The van der Waals surface area contributed by atoms with Crippen LogP contribution in [0.3, 0.4) is 0 Å². The van der Waals surface area contributed by atoms with Gasteiger partial charge in [0, 0.05) is 6.04 Å². The molecule has 2 saturated carbocycles. The van der Waals surface area contributed by atoms with Crippen LogP contribution in [0.2, 0.25) is 0 Å². The summed E-state index contributed by atoms with van der Waals surface area (Å²) in [6.07, 6.45) is 6.87. The van der Waals surface area contributed by atoms with Gasteiger partial charge >= 0.3 is 0 Å². The van der Waals surface area contributed by atoms with E-state index in [1.807, 2.05) is 0 Å². The minimum absolute atomic E-state index is 0.317. The van der Waals surface area contributed by atoms with Crippen molar-refractivity contribution in [3.05, 3.63) is 35.4 Å². The van der Waals surface area contributed by atoms with E-state index in [1.165, 1.54) is 43.2 Å². The van der Waals surface area contributed by atoms with Crippen molar-refractivity contribution in [2.45, 2.75) is 51.0 Å². The predicted octanol–water partition coefficient (Wildman–Crippen LogP) is 3.50. The van der Waals surface area contributed by atoms with E-state index >= 15 is 0 Å². The van der Waals surface area contributed by atoms with Gasteiger partial charge in [-0.25, -0.2) is 0 Å². The van der Waals surface area contributed by atoms with Crippen molar-refractivity contribution >= 4 is 0 Å². The lowest BCUT2D eigenvalue weighted by Gasteiger charge is -2.28. The van der Waals surface area contributed by atoms with Crippen molar-refractivity contribution in [3.8, 4) is 0 Å². The first kappa shape index (κ1) is 12.2. The molecule has 3 rings (SSSR count). The topological polar surface area (TPSA) is 38.0 Å².